The molecule has 4 heteroatoms. The normalized spacial score (nSPS) is 20.6. The zero-order chi connectivity index (χ0) is 12.3. The van der Waals surface area contributed by atoms with Gasteiger partial charge in [0.05, 0.1) is 12.6 Å². The highest BCUT2D eigenvalue weighted by molar-refractivity contribution is 5.81. The molecule has 2 unspecified atom stereocenters. The smallest absolute Gasteiger partial charge is 0.191 e. The second-order valence-corrected chi connectivity index (χ2v) is 4.51. The molecular formula is C13H19N3O. The third kappa shape index (κ3) is 3.20. The van der Waals surface area contributed by atoms with Crippen molar-refractivity contribution in [3.05, 3.63) is 35.4 Å². The molecule has 0 aromatic heterocycles. The Kier molecular flexibility index (Phi) is 3.64. The van der Waals surface area contributed by atoms with Crippen molar-refractivity contribution in [2.45, 2.75) is 32.5 Å². The second kappa shape index (κ2) is 5.19. The van der Waals surface area contributed by atoms with Crippen molar-refractivity contribution < 1.29 is 5.11 Å². The SMILES string of the molecule is CC1CN=C(NCc2ccc(C(C)O)cc2)N1. The van der Waals surface area contributed by atoms with Crippen LogP contribution in [0.4, 0.5) is 0 Å². The lowest BCUT2D eigenvalue weighted by Crippen LogP contribution is -2.37. The van der Waals surface area contributed by atoms with Gasteiger partial charge in [-0.1, -0.05) is 24.3 Å². The van der Waals surface area contributed by atoms with E-state index in [2.05, 4.69) is 22.5 Å². The van der Waals surface area contributed by atoms with Gasteiger partial charge in [0.2, 0.25) is 0 Å². The minimum atomic E-state index is -0.404. The molecule has 3 N–H and O–H groups in total. The standard InChI is InChI=1S/C13H19N3O/c1-9-7-14-13(16-9)15-8-11-3-5-12(6-4-11)10(2)17/h3-6,9-10,17H,7-8H2,1-2H3,(H2,14,15,16). The summed E-state index contributed by atoms with van der Waals surface area (Å²) in [5.41, 5.74) is 2.12. The first-order valence-electron chi connectivity index (χ1n) is 5.97. The maximum absolute atomic E-state index is 9.40. The Balaban J connectivity index is 1.87. The van der Waals surface area contributed by atoms with E-state index in [9.17, 15) is 5.11 Å². The molecule has 0 bridgehead atoms. The van der Waals surface area contributed by atoms with Gasteiger partial charge in [-0.15, -0.1) is 0 Å². The summed E-state index contributed by atoms with van der Waals surface area (Å²) in [5.74, 6) is 0.872. The minimum Gasteiger partial charge on any atom is -0.389 e. The highest BCUT2D eigenvalue weighted by atomic mass is 16.3. The minimum absolute atomic E-state index is 0.404. The highest BCUT2D eigenvalue weighted by Gasteiger charge is 2.11. The molecule has 1 aromatic rings. The van der Waals surface area contributed by atoms with Crippen LogP contribution in [0, 0.1) is 0 Å². The quantitative estimate of drug-likeness (QED) is 0.734. The van der Waals surface area contributed by atoms with Gasteiger partial charge in [0, 0.05) is 12.6 Å². The number of hydrogen-bond donors (Lipinski definition) is 3. The first kappa shape index (κ1) is 11.9. The van der Waals surface area contributed by atoms with Crippen LogP contribution in [0.5, 0.6) is 0 Å². The molecule has 0 saturated carbocycles. The second-order valence-electron chi connectivity index (χ2n) is 4.51. The number of nitrogens with zero attached hydrogens (tertiary/aromatic N) is 1. The number of hydrogen-bond acceptors (Lipinski definition) is 4. The molecule has 4 nitrogen and oxygen atoms in total. The van der Waals surface area contributed by atoms with Crippen LogP contribution in [0.2, 0.25) is 0 Å². The van der Waals surface area contributed by atoms with E-state index in [1.54, 1.807) is 6.92 Å². The maximum Gasteiger partial charge on any atom is 0.191 e. The molecule has 92 valence electrons. The molecule has 1 aromatic carbocycles. The maximum atomic E-state index is 9.40. The fourth-order valence-electron chi connectivity index (χ4n) is 1.76. The van der Waals surface area contributed by atoms with Crippen LogP contribution >= 0.6 is 0 Å². The number of aliphatic hydroxyl groups is 1. The zero-order valence-electron chi connectivity index (χ0n) is 10.3. The number of aliphatic imine (C=N–C) groups is 1. The summed E-state index contributed by atoms with van der Waals surface area (Å²) in [6, 6.07) is 8.37. The fourth-order valence-corrected chi connectivity index (χ4v) is 1.76. The molecule has 0 saturated heterocycles. The van der Waals surface area contributed by atoms with E-state index >= 15 is 0 Å². The van der Waals surface area contributed by atoms with Gasteiger partial charge in [0.15, 0.2) is 5.96 Å². The lowest BCUT2D eigenvalue weighted by molar-refractivity contribution is 0.199. The summed E-state index contributed by atoms with van der Waals surface area (Å²) in [6.07, 6.45) is -0.404. The van der Waals surface area contributed by atoms with E-state index in [1.165, 1.54) is 5.56 Å². The Hall–Kier alpha value is -1.55. The summed E-state index contributed by atoms with van der Waals surface area (Å²) in [7, 11) is 0. The molecule has 0 aliphatic carbocycles. The van der Waals surface area contributed by atoms with Gasteiger partial charge in [0.25, 0.3) is 0 Å². The van der Waals surface area contributed by atoms with Crippen molar-refractivity contribution in [1.29, 1.82) is 0 Å². The molecule has 0 fully saturated rings. The highest BCUT2D eigenvalue weighted by Crippen LogP contribution is 2.12. The van der Waals surface area contributed by atoms with Crippen molar-refractivity contribution in [1.82, 2.24) is 10.6 Å². The van der Waals surface area contributed by atoms with Crippen molar-refractivity contribution in [2.75, 3.05) is 6.54 Å². The van der Waals surface area contributed by atoms with E-state index in [-0.39, 0.29) is 0 Å². The largest absolute Gasteiger partial charge is 0.389 e. The molecule has 2 rings (SSSR count). The third-order valence-electron chi connectivity index (χ3n) is 2.83. The molecule has 2 atom stereocenters. The summed E-state index contributed by atoms with van der Waals surface area (Å²) in [5, 5.41) is 15.9. The molecule has 0 amide bonds. The van der Waals surface area contributed by atoms with E-state index in [0.717, 1.165) is 24.6 Å². The van der Waals surface area contributed by atoms with Crippen molar-refractivity contribution in [3.8, 4) is 0 Å². The summed E-state index contributed by atoms with van der Waals surface area (Å²) >= 11 is 0. The van der Waals surface area contributed by atoms with Gasteiger partial charge in [-0.2, -0.15) is 0 Å². The summed E-state index contributed by atoms with van der Waals surface area (Å²) in [4.78, 5) is 4.33. The molecular weight excluding hydrogens is 214 g/mol. The molecule has 0 radical (unpaired) electrons. The summed E-state index contributed by atoms with van der Waals surface area (Å²) < 4.78 is 0. The Morgan fingerprint density at radius 3 is 2.71 bits per heavy atom. The lowest BCUT2D eigenvalue weighted by atomic mass is 10.1. The Morgan fingerprint density at radius 2 is 2.18 bits per heavy atom. The topological polar surface area (TPSA) is 56.7 Å². The Morgan fingerprint density at radius 1 is 1.47 bits per heavy atom. The zero-order valence-corrected chi connectivity index (χ0v) is 10.3. The average molecular weight is 233 g/mol. The van der Waals surface area contributed by atoms with E-state index in [1.807, 2.05) is 24.3 Å². The van der Waals surface area contributed by atoms with Gasteiger partial charge in [-0.25, -0.2) is 0 Å². The molecule has 1 aliphatic rings. The van der Waals surface area contributed by atoms with Crippen LogP contribution in [0.25, 0.3) is 0 Å². The van der Waals surface area contributed by atoms with Crippen LogP contribution < -0.4 is 10.6 Å². The van der Waals surface area contributed by atoms with Gasteiger partial charge in [-0.05, 0) is 25.0 Å². The van der Waals surface area contributed by atoms with Crippen molar-refractivity contribution in [3.63, 3.8) is 0 Å². The van der Waals surface area contributed by atoms with Crippen LogP contribution in [0.3, 0.4) is 0 Å². The van der Waals surface area contributed by atoms with Gasteiger partial charge >= 0.3 is 0 Å². The van der Waals surface area contributed by atoms with Crippen LogP contribution in [0.15, 0.2) is 29.3 Å². The van der Waals surface area contributed by atoms with E-state index in [0.29, 0.717) is 6.04 Å². The van der Waals surface area contributed by atoms with Gasteiger partial charge in [-0.3, -0.25) is 4.99 Å². The molecule has 1 heterocycles. The van der Waals surface area contributed by atoms with Crippen molar-refractivity contribution in [2.24, 2.45) is 4.99 Å². The number of benzene rings is 1. The molecule has 0 spiro atoms. The number of guanidine groups is 1. The number of nitrogens with one attached hydrogen (secondary N) is 2. The first-order chi connectivity index (χ1) is 8.15. The fraction of sp³-hybridized carbons (Fsp3) is 0.462. The van der Waals surface area contributed by atoms with Crippen molar-refractivity contribution >= 4 is 5.96 Å². The van der Waals surface area contributed by atoms with Gasteiger partial charge in [0.1, 0.15) is 0 Å². The Labute approximate surface area is 102 Å². The first-order valence-corrected chi connectivity index (χ1v) is 5.97. The summed E-state index contributed by atoms with van der Waals surface area (Å²) in [6.45, 7) is 5.46. The van der Waals surface area contributed by atoms with E-state index < -0.39 is 6.10 Å². The van der Waals surface area contributed by atoms with Crippen LogP contribution in [-0.4, -0.2) is 23.7 Å². The number of aliphatic hydroxyl groups excluding tert-OH is 1. The van der Waals surface area contributed by atoms with E-state index in [4.69, 9.17) is 0 Å². The monoisotopic (exact) mass is 233 g/mol. The van der Waals surface area contributed by atoms with Crippen LogP contribution in [0.1, 0.15) is 31.1 Å². The third-order valence-corrected chi connectivity index (χ3v) is 2.83. The predicted octanol–water partition coefficient (Wildman–Crippen LogP) is 1.18. The average Bonchev–Trinajstić information content (AvgIpc) is 2.73. The number of rotatable bonds is 3. The van der Waals surface area contributed by atoms with Crippen LogP contribution in [-0.2, 0) is 6.54 Å². The molecule has 17 heavy (non-hydrogen) atoms. The Bertz CT molecular complexity index is 398. The predicted molar refractivity (Wildman–Crippen MR) is 68.8 cm³/mol. The lowest BCUT2D eigenvalue weighted by Gasteiger charge is -2.10. The molecule has 1 aliphatic heterocycles. The van der Waals surface area contributed by atoms with Gasteiger partial charge < -0.3 is 15.7 Å².